The van der Waals surface area contributed by atoms with Crippen LogP contribution in [-0.2, 0) is 4.79 Å². The Labute approximate surface area is 183 Å². The molecule has 1 N–H and O–H groups in total. The number of aryl methyl sites for hydroxylation is 1. The Hall–Kier alpha value is -3.59. The molecule has 4 aromatic carbocycles. The van der Waals surface area contributed by atoms with Gasteiger partial charge in [-0.1, -0.05) is 103 Å². The fourth-order valence-corrected chi connectivity index (χ4v) is 3.77. The van der Waals surface area contributed by atoms with Crippen LogP contribution in [0.5, 0.6) is 5.75 Å². The van der Waals surface area contributed by atoms with Gasteiger partial charge in [0.1, 0.15) is 5.75 Å². The summed E-state index contributed by atoms with van der Waals surface area (Å²) in [5, 5.41) is 5.33. The molecular weight excluding hydrogens is 382 g/mol. The number of carbonyl (C=O) groups excluding carboxylic acids is 1. The Morgan fingerprint density at radius 2 is 1.45 bits per heavy atom. The first-order valence-corrected chi connectivity index (χ1v) is 10.7. The minimum absolute atomic E-state index is 0.120. The highest BCUT2D eigenvalue weighted by molar-refractivity contribution is 5.89. The van der Waals surface area contributed by atoms with Crippen molar-refractivity contribution in [3.63, 3.8) is 0 Å². The van der Waals surface area contributed by atoms with Gasteiger partial charge >= 0.3 is 0 Å². The monoisotopic (exact) mass is 409 g/mol. The molecule has 0 unspecified atom stereocenters. The predicted octanol–water partition coefficient (Wildman–Crippen LogP) is 6.21. The second-order valence-electron chi connectivity index (χ2n) is 7.75. The highest BCUT2D eigenvalue weighted by Gasteiger charge is 2.24. The van der Waals surface area contributed by atoms with Gasteiger partial charge < -0.3 is 10.1 Å². The van der Waals surface area contributed by atoms with E-state index in [1.807, 2.05) is 79.7 Å². The lowest BCUT2D eigenvalue weighted by atomic mass is 9.97. The molecule has 0 saturated carbocycles. The van der Waals surface area contributed by atoms with E-state index in [0.717, 1.165) is 27.6 Å². The van der Waals surface area contributed by atoms with Crippen molar-refractivity contribution in [3.05, 3.63) is 114 Å². The summed E-state index contributed by atoms with van der Waals surface area (Å²) in [5.74, 6) is 0.608. The Morgan fingerprint density at radius 3 is 2.19 bits per heavy atom. The van der Waals surface area contributed by atoms with E-state index >= 15 is 0 Å². The minimum atomic E-state index is -0.581. The summed E-state index contributed by atoms with van der Waals surface area (Å²) in [6, 6.07) is 32.1. The molecule has 0 aliphatic rings. The first-order valence-electron chi connectivity index (χ1n) is 10.7. The first-order chi connectivity index (χ1) is 15.2. The van der Waals surface area contributed by atoms with Gasteiger partial charge in [0.15, 0.2) is 6.10 Å². The zero-order valence-electron chi connectivity index (χ0n) is 17.9. The van der Waals surface area contributed by atoms with E-state index in [1.54, 1.807) is 0 Å². The summed E-state index contributed by atoms with van der Waals surface area (Å²) in [4.78, 5) is 13.3. The molecule has 0 aliphatic carbocycles. The van der Waals surface area contributed by atoms with Crippen LogP contribution in [-0.4, -0.2) is 12.0 Å². The zero-order chi connectivity index (χ0) is 21.6. The van der Waals surface area contributed by atoms with Crippen LogP contribution in [0.3, 0.4) is 0 Å². The number of fused-ring (bicyclic) bond motifs is 1. The van der Waals surface area contributed by atoms with Crippen molar-refractivity contribution in [3.8, 4) is 5.75 Å². The molecule has 0 heterocycles. The van der Waals surface area contributed by atoms with Gasteiger partial charge in [-0.25, -0.2) is 0 Å². The van der Waals surface area contributed by atoms with Crippen LogP contribution in [0.2, 0.25) is 0 Å². The Morgan fingerprint density at radius 1 is 0.806 bits per heavy atom. The van der Waals surface area contributed by atoms with Crippen molar-refractivity contribution < 1.29 is 9.53 Å². The topological polar surface area (TPSA) is 38.3 Å². The van der Waals surface area contributed by atoms with E-state index in [-0.39, 0.29) is 11.9 Å². The molecule has 4 aromatic rings. The number of hydrogen-bond acceptors (Lipinski definition) is 2. The molecule has 3 heteroatoms. The number of benzene rings is 4. The molecule has 2 atom stereocenters. The molecule has 0 saturated heterocycles. The molecule has 156 valence electrons. The Kier molecular flexibility index (Phi) is 6.32. The molecule has 0 aliphatic heterocycles. The highest BCUT2D eigenvalue weighted by atomic mass is 16.5. The number of carbonyl (C=O) groups is 1. The van der Waals surface area contributed by atoms with Crippen LogP contribution in [0.25, 0.3) is 10.8 Å². The number of hydrogen-bond donors (Lipinski definition) is 1. The van der Waals surface area contributed by atoms with Crippen molar-refractivity contribution in [1.29, 1.82) is 0 Å². The van der Waals surface area contributed by atoms with Gasteiger partial charge in [0.25, 0.3) is 5.91 Å². The summed E-state index contributed by atoms with van der Waals surface area (Å²) in [6.07, 6.45) is -0.00718. The summed E-state index contributed by atoms with van der Waals surface area (Å²) < 4.78 is 6.22. The molecule has 31 heavy (non-hydrogen) atoms. The van der Waals surface area contributed by atoms with Gasteiger partial charge in [-0.3, -0.25) is 4.79 Å². The fraction of sp³-hybridized carbons (Fsp3) is 0.179. The number of rotatable bonds is 7. The van der Waals surface area contributed by atoms with Crippen LogP contribution in [0.1, 0.15) is 36.1 Å². The lowest BCUT2D eigenvalue weighted by Gasteiger charge is -2.24. The summed E-state index contributed by atoms with van der Waals surface area (Å²) in [7, 11) is 0. The SMILES string of the molecule is CC[C@H](Oc1cccc2ccccc12)C(=O)N[C@@H](c1ccccc1)c1ccc(C)cc1. The second-order valence-corrected chi connectivity index (χ2v) is 7.75. The van der Waals surface area contributed by atoms with Crippen molar-refractivity contribution >= 4 is 16.7 Å². The van der Waals surface area contributed by atoms with Crippen LogP contribution in [0.15, 0.2) is 97.1 Å². The van der Waals surface area contributed by atoms with Crippen molar-refractivity contribution in [2.75, 3.05) is 0 Å². The van der Waals surface area contributed by atoms with E-state index in [1.165, 1.54) is 5.56 Å². The largest absolute Gasteiger partial charge is 0.480 e. The molecule has 0 bridgehead atoms. The first kappa shape index (κ1) is 20.7. The molecule has 0 aromatic heterocycles. The normalized spacial score (nSPS) is 12.8. The molecule has 3 nitrogen and oxygen atoms in total. The maximum absolute atomic E-state index is 13.3. The third-order valence-electron chi connectivity index (χ3n) is 5.51. The van der Waals surface area contributed by atoms with Gasteiger partial charge in [0.2, 0.25) is 0 Å². The van der Waals surface area contributed by atoms with E-state index < -0.39 is 6.10 Å². The third-order valence-corrected chi connectivity index (χ3v) is 5.51. The van der Waals surface area contributed by atoms with Gasteiger partial charge in [-0.15, -0.1) is 0 Å². The van der Waals surface area contributed by atoms with E-state index in [9.17, 15) is 4.79 Å². The van der Waals surface area contributed by atoms with E-state index in [4.69, 9.17) is 4.74 Å². The maximum Gasteiger partial charge on any atom is 0.261 e. The zero-order valence-corrected chi connectivity index (χ0v) is 17.9. The maximum atomic E-state index is 13.3. The highest BCUT2D eigenvalue weighted by Crippen LogP contribution is 2.27. The van der Waals surface area contributed by atoms with Crippen LogP contribution < -0.4 is 10.1 Å². The van der Waals surface area contributed by atoms with E-state index in [2.05, 4.69) is 36.5 Å². The summed E-state index contributed by atoms with van der Waals surface area (Å²) in [6.45, 7) is 4.03. The lowest BCUT2D eigenvalue weighted by molar-refractivity contribution is -0.128. The van der Waals surface area contributed by atoms with Gasteiger partial charge in [0.05, 0.1) is 6.04 Å². The third kappa shape index (κ3) is 4.77. The predicted molar refractivity (Wildman–Crippen MR) is 126 cm³/mol. The minimum Gasteiger partial charge on any atom is -0.480 e. The average Bonchev–Trinajstić information content (AvgIpc) is 2.82. The van der Waals surface area contributed by atoms with E-state index in [0.29, 0.717) is 6.42 Å². The van der Waals surface area contributed by atoms with Crippen LogP contribution >= 0.6 is 0 Å². The van der Waals surface area contributed by atoms with Gasteiger partial charge in [0, 0.05) is 5.39 Å². The average molecular weight is 410 g/mol. The molecule has 1 amide bonds. The lowest BCUT2D eigenvalue weighted by Crippen LogP contribution is -2.40. The second kappa shape index (κ2) is 9.48. The smallest absolute Gasteiger partial charge is 0.261 e. The van der Waals surface area contributed by atoms with Gasteiger partial charge in [-0.05, 0) is 35.9 Å². The number of ether oxygens (including phenoxy) is 1. The van der Waals surface area contributed by atoms with Crippen molar-refractivity contribution in [2.45, 2.75) is 32.4 Å². The van der Waals surface area contributed by atoms with Gasteiger partial charge in [-0.2, -0.15) is 0 Å². The van der Waals surface area contributed by atoms with Crippen molar-refractivity contribution in [2.24, 2.45) is 0 Å². The number of amides is 1. The molecule has 0 fully saturated rings. The van der Waals surface area contributed by atoms with Crippen molar-refractivity contribution in [1.82, 2.24) is 5.32 Å². The molecule has 0 radical (unpaired) electrons. The molecule has 0 spiro atoms. The van der Waals surface area contributed by atoms with Crippen LogP contribution in [0, 0.1) is 6.92 Å². The molecule has 4 rings (SSSR count). The Balaban J connectivity index is 1.60. The van der Waals surface area contributed by atoms with Crippen LogP contribution in [0.4, 0.5) is 0 Å². The fourth-order valence-electron chi connectivity index (χ4n) is 3.77. The Bertz CT molecular complexity index is 1150. The number of nitrogens with one attached hydrogen (secondary N) is 1. The molecular formula is C28H27NO2. The summed E-state index contributed by atoms with van der Waals surface area (Å²) in [5.41, 5.74) is 3.28. The quantitative estimate of drug-likeness (QED) is 0.394. The standard InChI is InChI=1S/C28H27NO2/c1-3-25(31-26-15-9-13-21-10-7-8-14-24(21)26)28(30)29-27(22-11-5-4-6-12-22)23-18-16-20(2)17-19-23/h4-19,25,27H,3H2,1-2H3,(H,29,30)/t25-,27-/m0/s1. The summed E-state index contributed by atoms with van der Waals surface area (Å²) >= 11 is 0.